The summed E-state index contributed by atoms with van der Waals surface area (Å²) in [6.07, 6.45) is -8.86. The maximum Gasteiger partial charge on any atom is 0.416 e. The van der Waals surface area contributed by atoms with Crippen molar-refractivity contribution in [2.24, 2.45) is 0 Å². The molecule has 1 aliphatic heterocycles. The lowest BCUT2D eigenvalue weighted by Crippen LogP contribution is -2.46. The minimum absolute atomic E-state index is 0.0516. The minimum Gasteiger partial charge on any atom is -0.481 e. The number of nitrogens with one attached hydrogen (secondary N) is 1. The molecule has 1 aliphatic rings. The number of carboxylic acids is 1. The molecule has 4 rings (SSSR count). The molecule has 2 atom stereocenters. The maximum atomic E-state index is 13.7. The van der Waals surface area contributed by atoms with Gasteiger partial charge in [0.1, 0.15) is 0 Å². The first kappa shape index (κ1) is 34.0. The van der Waals surface area contributed by atoms with Gasteiger partial charge in [-0.2, -0.15) is 31.6 Å². The highest BCUT2D eigenvalue weighted by Gasteiger charge is 2.39. The normalized spacial score (nSPS) is 16.4. The van der Waals surface area contributed by atoms with Gasteiger partial charge in [-0.3, -0.25) is 9.69 Å². The smallest absolute Gasteiger partial charge is 0.416 e. The highest BCUT2D eigenvalue weighted by atomic mass is 19.4. The topological polar surface area (TPSA) is 128 Å². The average molecular weight is 650 g/mol. The number of nitriles is 1. The summed E-state index contributed by atoms with van der Waals surface area (Å²) in [5.74, 6) is -1.20. The lowest BCUT2D eigenvalue weighted by atomic mass is 9.89. The monoisotopic (exact) mass is 649 g/mol. The van der Waals surface area contributed by atoms with E-state index in [4.69, 9.17) is 4.74 Å². The van der Waals surface area contributed by atoms with E-state index >= 15 is 0 Å². The molecule has 46 heavy (non-hydrogen) atoms. The molecule has 244 valence electrons. The first-order chi connectivity index (χ1) is 21.6. The lowest BCUT2D eigenvalue weighted by Gasteiger charge is -2.40. The molecule has 2 N–H and O–H groups in total. The Morgan fingerprint density at radius 1 is 1.09 bits per heavy atom. The third-order valence-corrected chi connectivity index (χ3v) is 7.49. The van der Waals surface area contributed by atoms with Gasteiger partial charge in [0.25, 0.3) is 0 Å². The number of benzene rings is 2. The van der Waals surface area contributed by atoms with Crippen LogP contribution in [0.2, 0.25) is 0 Å². The van der Waals surface area contributed by atoms with Crippen LogP contribution in [-0.4, -0.2) is 39.8 Å². The summed E-state index contributed by atoms with van der Waals surface area (Å²) in [4.78, 5) is 34.2. The van der Waals surface area contributed by atoms with Gasteiger partial charge < -0.3 is 15.2 Å². The number of hydrogen-bond donors (Lipinski definition) is 2. The van der Waals surface area contributed by atoms with Crippen molar-refractivity contribution in [3.63, 3.8) is 0 Å². The lowest BCUT2D eigenvalue weighted by molar-refractivity contribution is -0.138. The second-order valence-corrected chi connectivity index (χ2v) is 10.6. The number of amides is 1. The predicted octanol–water partition coefficient (Wildman–Crippen LogP) is 7.29. The summed E-state index contributed by atoms with van der Waals surface area (Å²) >= 11 is 0. The number of fused-ring (bicyclic) bond motifs is 1. The highest BCUT2D eigenvalue weighted by molar-refractivity contribution is 5.90. The zero-order valence-corrected chi connectivity index (χ0v) is 24.7. The molecule has 0 radical (unpaired) electrons. The molecule has 2 aromatic carbocycles. The number of aromatic nitrogens is 2. The van der Waals surface area contributed by atoms with E-state index in [0.717, 1.165) is 18.2 Å². The zero-order chi connectivity index (χ0) is 33.8. The number of halogens is 6. The van der Waals surface area contributed by atoms with Crippen LogP contribution >= 0.6 is 0 Å². The second kappa shape index (κ2) is 13.6. The highest BCUT2D eigenvalue weighted by Crippen LogP contribution is 2.43. The van der Waals surface area contributed by atoms with Crippen LogP contribution < -0.4 is 10.2 Å². The van der Waals surface area contributed by atoms with Gasteiger partial charge in [-0.15, -0.1) is 0 Å². The third-order valence-electron chi connectivity index (χ3n) is 7.49. The molecule has 0 aliphatic carbocycles. The summed E-state index contributed by atoms with van der Waals surface area (Å²) in [6, 6.07) is 6.23. The van der Waals surface area contributed by atoms with E-state index < -0.39 is 47.6 Å². The van der Waals surface area contributed by atoms with Crippen molar-refractivity contribution in [2.45, 2.75) is 70.4 Å². The quantitative estimate of drug-likeness (QED) is 0.231. The fourth-order valence-corrected chi connectivity index (χ4v) is 5.34. The van der Waals surface area contributed by atoms with Gasteiger partial charge in [0.15, 0.2) is 0 Å². The van der Waals surface area contributed by atoms with Crippen LogP contribution in [-0.2, 0) is 34.7 Å². The van der Waals surface area contributed by atoms with Gasteiger partial charge in [-0.25, -0.2) is 14.8 Å². The maximum absolute atomic E-state index is 13.7. The van der Waals surface area contributed by atoms with Crippen molar-refractivity contribution < 1.29 is 45.8 Å². The first-order valence-electron chi connectivity index (χ1n) is 14.3. The van der Waals surface area contributed by atoms with E-state index in [1.807, 2.05) is 0 Å². The number of rotatable bonds is 9. The molecule has 0 unspecified atom stereocenters. The predicted molar refractivity (Wildman–Crippen MR) is 153 cm³/mol. The van der Waals surface area contributed by atoms with E-state index in [2.05, 4.69) is 15.3 Å². The Bertz CT molecular complexity index is 1650. The number of carbonyl (C=O) groups is 2. The summed E-state index contributed by atoms with van der Waals surface area (Å²) in [5.41, 5.74) is -1.31. The van der Waals surface area contributed by atoms with Crippen molar-refractivity contribution in [2.75, 3.05) is 16.8 Å². The molecule has 0 saturated heterocycles. The molecular weight excluding hydrogens is 620 g/mol. The Kier molecular flexibility index (Phi) is 10.1. The van der Waals surface area contributed by atoms with E-state index in [0.29, 0.717) is 18.1 Å². The molecule has 0 fully saturated rings. The average Bonchev–Trinajstić information content (AvgIpc) is 2.99. The van der Waals surface area contributed by atoms with Crippen molar-refractivity contribution >= 4 is 23.7 Å². The molecule has 3 aromatic rings. The number of nitrogens with zero attached hydrogens (tertiary/aromatic N) is 4. The number of ether oxygens (including phenoxy) is 1. The Morgan fingerprint density at radius 3 is 2.41 bits per heavy atom. The van der Waals surface area contributed by atoms with E-state index in [1.165, 1.54) is 23.2 Å². The van der Waals surface area contributed by atoms with Crippen molar-refractivity contribution in [3.05, 3.63) is 81.7 Å². The van der Waals surface area contributed by atoms with Crippen LogP contribution in [0.1, 0.15) is 78.2 Å². The number of hydrogen-bond acceptors (Lipinski definition) is 7. The zero-order valence-electron chi connectivity index (χ0n) is 24.7. The number of anilines is 2. The molecule has 15 heteroatoms. The van der Waals surface area contributed by atoms with Gasteiger partial charge in [-0.1, -0.05) is 6.92 Å². The van der Waals surface area contributed by atoms with Gasteiger partial charge in [-0.05, 0) is 79.3 Å². The number of aliphatic carboxylic acids is 1. The minimum atomic E-state index is -4.73. The van der Waals surface area contributed by atoms with E-state index in [1.54, 1.807) is 19.9 Å². The van der Waals surface area contributed by atoms with Crippen LogP contribution in [0.5, 0.6) is 0 Å². The number of carbonyl (C=O) groups excluding carboxylic acids is 1. The Balaban J connectivity index is 1.77. The largest absolute Gasteiger partial charge is 0.481 e. The van der Waals surface area contributed by atoms with Gasteiger partial charge in [0, 0.05) is 25.1 Å². The number of alkyl halides is 6. The Hall–Kier alpha value is -4.87. The molecule has 1 aromatic heterocycles. The summed E-state index contributed by atoms with van der Waals surface area (Å²) in [7, 11) is 0. The summed E-state index contributed by atoms with van der Waals surface area (Å²) in [6.45, 7) is 3.46. The Labute approximate surface area is 259 Å². The van der Waals surface area contributed by atoms with Crippen LogP contribution in [0.25, 0.3) is 0 Å². The second-order valence-electron chi connectivity index (χ2n) is 10.6. The van der Waals surface area contributed by atoms with Crippen LogP contribution in [0.4, 0.5) is 42.8 Å². The van der Waals surface area contributed by atoms with E-state index in [9.17, 15) is 46.3 Å². The third kappa shape index (κ3) is 7.85. The number of aryl methyl sites for hydroxylation is 1. The van der Waals surface area contributed by atoms with Gasteiger partial charge in [0.2, 0.25) is 5.95 Å². The van der Waals surface area contributed by atoms with Crippen molar-refractivity contribution in [1.29, 1.82) is 5.26 Å². The molecule has 9 nitrogen and oxygen atoms in total. The standard InChI is InChI=1S/C31H29F6N5O4/c1-3-22-14-25(23-13-20(30(32,33)34)6-7-26(23)42(22)29(45)46-4-2)41-28-39-16-19(5-8-27(43)44)24(40-28)12-17-9-18(15-38)11-21(10-17)31(35,36)37/h6-7,9-11,13,16,22,25H,3-5,8,12,14H2,1-2H3,(H,43,44)(H,39,40,41)/t22-,25+/m1/s1. The summed E-state index contributed by atoms with van der Waals surface area (Å²) in [5, 5.41) is 21.5. The number of carboxylic acid groups (broad SMARTS) is 1. The van der Waals surface area contributed by atoms with E-state index in [-0.39, 0.29) is 66.3 Å². The van der Waals surface area contributed by atoms with Crippen LogP contribution in [0.15, 0.2) is 42.6 Å². The summed E-state index contributed by atoms with van der Waals surface area (Å²) < 4.78 is 87.0. The SMILES string of the molecule is CCOC(=O)N1c2ccc(C(F)(F)F)cc2[C@@H](Nc2ncc(CCC(=O)O)c(Cc3cc(C#N)cc(C(F)(F)F)c3)n2)C[C@H]1CC. The first-order valence-corrected chi connectivity index (χ1v) is 14.3. The van der Waals surface area contributed by atoms with Crippen molar-refractivity contribution in [3.8, 4) is 6.07 Å². The van der Waals surface area contributed by atoms with Crippen molar-refractivity contribution in [1.82, 2.24) is 9.97 Å². The van der Waals surface area contributed by atoms with Crippen LogP contribution in [0, 0.1) is 11.3 Å². The fraction of sp³-hybridized carbons (Fsp3) is 0.387. The molecule has 0 spiro atoms. The molecule has 0 bridgehead atoms. The van der Waals surface area contributed by atoms with Gasteiger partial charge in [0.05, 0.1) is 46.8 Å². The molecule has 2 heterocycles. The van der Waals surface area contributed by atoms with Gasteiger partial charge >= 0.3 is 24.4 Å². The molecular formula is C31H29F6N5O4. The van der Waals surface area contributed by atoms with Crippen LogP contribution in [0.3, 0.4) is 0 Å². The molecule has 1 amide bonds. The fourth-order valence-electron chi connectivity index (χ4n) is 5.34. The Morgan fingerprint density at radius 2 is 1.80 bits per heavy atom. The molecule has 0 saturated carbocycles.